The highest BCUT2D eigenvalue weighted by molar-refractivity contribution is 5.94. The Morgan fingerprint density at radius 2 is 1.62 bits per heavy atom. The fraction of sp³-hybridized carbons (Fsp3) is 0.278. The molecule has 0 bridgehead atoms. The molecule has 0 spiro atoms. The van der Waals surface area contributed by atoms with Crippen molar-refractivity contribution in [3.63, 3.8) is 0 Å². The highest BCUT2D eigenvalue weighted by atomic mass is 19.4. The molecule has 0 saturated heterocycles. The Balaban J connectivity index is 2.12. The van der Waals surface area contributed by atoms with Gasteiger partial charge in [-0.1, -0.05) is 38.1 Å². The molecule has 2 rings (SSSR count). The molecule has 1 amide bonds. The van der Waals surface area contributed by atoms with Crippen LogP contribution in [0.25, 0.3) is 0 Å². The third-order valence-electron chi connectivity index (χ3n) is 3.75. The average molecular weight is 339 g/mol. The minimum absolute atomic E-state index is 0.115. The van der Waals surface area contributed by atoms with Gasteiger partial charge in [-0.2, -0.15) is 13.2 Å². The van der Waals surface area contributed by atoms with Gasteiger partial charge in [0.15, 0.2) is 0 Å². The van der Waals surface area contributed by atoms with Gasteiger partial charge in [-0.15, -0.1) is 0 Å². The van der Waals surface area contributed by atoms with Crippen LogP contribution in [0.3, 0.4) is 0 Å². The molecule has 0 unspecified atom stereocenters. The molecule has 1 N–H and O–H groups in total. The van der Waals surface area contributed by atoms with Gasteiger partial charge in [0, 0.05) is 17.5 Å². The number of amides is 1. The van der Waals surface area contributed by atoms with Gasteiger partial charge in [0.1, 0.15) is 5.82 Å². The van der Waals surface area contributed by atoms with Crippen LogP contribution in [0.2, 0.25) is 0 Å². The summed E-state index contributed by atoms with van der Waals surface area (Å²) >= 11 is 0. The van der Waals surface area contributed by atoms with Gasteiger partial charge in [0.2, 0.25) is 0 Å². The van der Waals surface area contributed by atoms with E-state index >= 15 is 0 Å². The molecule has 0 aliphatic rings. The zero-order valence-corrected chi connectivity index (χ0v) is 13.2. The van der Waals surface area contributed by atoms with Gasteiger partial charge < -0.3 is 5.32 Å². The second-order valence-electron chi connectivity index (χ2n) is 6.16. The van der Waals surface area contributed by atoms with Crippen molar-refractivity contribution in [2.24, 2.45) is 0 Å². The molecule has 0 saturated carbocycles. The molecular formula is C18H17F4NO. The van der Waals surface area contributed by atoms with Crippen LogP contribution >= 0.6 is 0 Å². The number of nitrogens with one attached hydrogen (secondary N) is 1. The lowest BCUT2D eigenvalue weighted by Gasteiger charge is -2.26. The molecule has 0 radical (unpaired) electrons. The molecule has 0 fully saturated rings. The third kappa shape index (κ3) is 4.34. The molecule has 2 aromatic rings. The van der Waals surface area contributed by atoms with Gasteiger partial charge in [-0.25, -0.2) is 4.39 Å². The van der Waals surface area contributed by atoms with Crippen molar-refractivity contribution in [2.45, 2.75) is 25.4 Å². The zero-order chi connectivity index (χ0) is 18.0. The highest BCUT2D eigenvalue weighted by Gasteiger charge is 2.32. The molecule has 128 valence electrons. The Labute approximate surface area is 137 Å². The smallest absolute Gasteiger partial charge is 0.351 e. The van der Waals surface area contributed by atoms with Crippen LogP contribution in [-0.2, 0) is 11.6 Å². The zero-order valence-electron chi connectivity index (χ0n) is 13.2. The summed E-state index contributed by atoms with van der Waals surface area (Å²) in [5.41, 5.74) is -0.833. The number of hydrogen-bond donors (Lipinski definition) is 1. The van der Waals surface area contributed by atoms with Crippen LogP contribution in [0.5, 0.6) is 0 Å². The molecular weight excluding hydrogens is 322 g/mol. The Morgan fingerprint density at radius 3 is 2.25 bits per heavy atom. The predicted octanol–water partition coefficient (Wildman–Crippen LogP) is 4.55. The number of carbonyl (C=O) groups excluding carboxylic acids is 1. The summed E-state index contributed by atoms with van der Waals surface area (Å²) in [7, 11) is 0. The minimum atomic E-state index is -4.42. The number of rotatable bonds is 4. The van der Waals surface area contributed by atoms with Gasteiger partial charge >= 0.3 is 6.18 Å². The highest BCUT2D eigenvalue weighted by Crippen LogP contribution is 2.32. The first-order valence-corrected chi connectivity index (χ1v) is 7.31. The molecule has 0 aliphatic carbocycles. The van der Waals surface area contributed by atoms with E-state index in [9.17, 15) is 22.4 Å². The van der Waals surface area contributed by atoms with Gasteiger partial charge in [-0.3, -0.25) is 4.79 Å². The summed E-state index contributed by atoms with van der Waals surface area (Å²) in [4.78, 5) is 12.0. The summed E-state index contributed by atoms with van der Waals surface area (Å²) in [5, 5.41) is 2.64. The van der Waals surface area contributed by atoms with E-state index in [0.717, 1.165) is 18.2 Å². The van der Waals surface area contributed by atoms with Crippen LogP contribution in [0.1, 0.15) is 35.3 Å². The van der Waals surface area contributed by atoms with E-state index in [1.165, 1.54) is 24.3 Å². The molecule has 2 aromatic carbocycles. The first-order valence-electron chi connectivity index (χ1n) is 7.31. The topological polar surface area (TPSA) is 29.1 Å². The van der Waals surface area contributed by atoms with E-state index in [1.54, 1.807) is 19.9 Å². The molecule has 6 heteroatoms. The minimum Gasteiger partial charge on any atom is -0.351 e. The Hall–Kier alpha value is -2.37. The Kier molecular flexibility index (Phi) is 4.96. The van der Waals surface area contributed by atoms with E-state index in [2.05, 4.69) is 5.32 Å². The summed E-state index contributed by atoms with van der Waals surface area (Å²) in [5.74, 6) is -1.01. The van der Waals surface area contributed by atoms with Crippen LogP contribution in [0, 0.1) is 5.82 Å². The van der Waals surface area contributed by atoms with E-state index in [0.29, 0.717) is 5.56 Å². The van der Waals surface area contributed by atoms with E-state index in [4.69, 9.17) is 0 Å². The fourth-order valence-corrected chi connectivity index (χ4v) is 2.25. The maximum atomic E-state index is 13.1. The van der Waals surface area contributed by atoms with Gasteiger partial charge in [0.05, 0.1) is 5.56 Å². The van der Waals surface area contributed by atoms with Crippen molar-refractivity contribution in [2.75, 3.05) is 6.54 Å². The number of benzene rings is 2. The van der Waals surface area contributed by atoms with Crippen LogP contribution in [0.4, 0.5) is 17.6 Å². The lowest BCUT2D eigenvalue weighted by Crippen LogP contribution is -2.36. The third-order valence-corrected chi connectivity index (χ3v) is 3.75. The summed E-state index contributed by atoms with van der Waals surface area (Å²) in [6.45, 7) is 3.58. The second-order valence-corrected chi connectivity index (χ2v) is 6.16. The Morgan fingerprint density at radius 1 is 1.00 bits per heavy atom. The first kappa shape index (κ1) is 18.0. The van der Waals surface area contributed by atoms with E-state index < -0.39 is 28.9 Å². The average Bonchev–Trinajstić information content (AvgIpc) is 2.52. The van der Waals surface area contributed by atoms with Crippen molar-refractivity contribution < 1.29 is 22.4 Å². The van der Waals surface area contributed by atoms with Crippen molar-refractivity contribution in [3.05, 3.63) is 71.0 Å². The number of alkyl halides is 3. The number of hydrogen-bond acceptors (Lipinski definition) is 1. The monoisotopic (exact) mass is 339 g/mol. The van der Waals surface area contributed by atoms with Crippen LogP contribution in [-0.4, -0.2) is 12.5 Å². The van der Waals surface area contributed by atoms with Crippen LogP contribution in [0.15, 0.2) is 48.5 Å². The van der Waals surface area contributed by atoms with Crippen LogP contribution < -0.4 is 5.32 Å². The molecule has 0 aromatic heterocycles. The number of halogens is 4. The second kappa shape index (κ2) is 6.63. The predicted molar refractivity (Wildman–Crippen MR) is 83.2 cm³/mol. The van der Waals surface area contributed by atoms with E-state index in [-0.39, 0.29) is 12.1 Å². The summed E-state index contributed by atoms with van der Waals surface area (Å²) in [6.07, 6.45) is -4.42. The van der Waals surface area contributed by atoms with Crippen molar-refractivity contribution in [3.8, 4) is 0 Å². The normalized spacial score (nSPS) is 12.1. The molecule has 24 heavy (non-hydrogen) atoms. The Bertz CT molecular complexity index is 738. The van der Waals surface area contributed by atoms with Gasteiger partial charge in [-0.05, 0) is 29.8 Å². The van der Waals surface area contributed by atoms with Crippen molar-refractivity contribution in [1.82, 2.24) is 5.32 Å². The molecule has 0 atom stereocenters. The molecule has 0 aliphatic heterocycles. The van der Waals surface area contributed by atoms with Gasteiger partial charge in [0.25, 0.3) is 5.91 Å². The van der Waals surface area contributed by atoms with Crippen molar-refractivity contribution in [1.29, 1.82) is 0 Å². The molecule has 0 heterocycles. The van der Waals surface area contributed by atoms with E-state index in [1.807, 2.05) is 0 Å². The molecule has 2 nitrogen and oxygen atoms in total. The summed E-state index contributed by atoms with van der Waals surface area (Å²) in [6, 6.07) is 10.2. The largest absolute Gasteiger partial charge is 0.416 e. The fourth-order valence-electron chi connectivity index (χ4n) is 2.25. The quantitative estimate of drug-likeness (QED) is 0.814. The first-order chi connectivity index (χ1) is 11.1. The SMILES string of the molecule is CC(C)(CNC(=O)c1cccc(F)c1)c1cccc(C(F)(F)F)c1. The standard InChI is InChI=1S/C18H17F4NO/c1-17(2,13-6-4-7-14(10-13)18(20,21)22)11-23-16(24)12-5-3-8-15(19)9-12/h3-10H,11H2,1-2H3,(H,23,24). The summed E-state index contributed by atoms with van der Waals surface area (Å²) < 4.78 is 51.6. The maximum absolute atomic E-state index is 13.1. The lowest BCUT2D eigenvalue weighted by atomic mass is 9.83. The lowest BCUT2D eigenvalue weighted by molar-refractivity contribution is -0.137. The number of carbonyl (C=O) groups is 1. The van der Waals surface area contributed by atoms with Crippen molar-refractivity contribution >= 4 is 5.91 Å². The maximum Gasteiger partial charge on any atom is 0.416 e.